The Balaban J connectivity index is 1.15. The third kappa shape index (κ3) is 3.07. The molecule has 0 unspecified atom stereocenters. The number of carbonyl (C=O) groups excluding carboxylic acids is 1. The van der Waals surface area contributed by atoms with Gasteiger partial charge in [-0.3, -0.25) is 9.69 Å². The molecule has 4 bridgehead atoms. The molecule has 3 N–H and O–H groups in total. The van der Waals surface area contributed by atoms with Crippen molar-refractivity contribution in [1.82, 2.24) is 4.90 Å². The summed E-state index contributed by atoms with van der Waals surface area (Å²) in [6, 6.07) is 11.8. The largest absolute Gasteiger partial charge is 0.504 e. The van der Waals surface area contributed by atoms with E-state index in [0.29, 0.717) is 24.8 Å². The van der Waals surface area contributed by atoms with Crippen LogP contribution in [0.5, 0.6) is 11.5 Å². The van der Waals surface area contributed by atoms with Gasteiger partial charge in [0.15, 0.2) is 11.5 Å². The van der Waals surface area contributed by atoms with Crippen LogP contribution in [0.1, 0.15) is 65.6 Å². The molecule has 5 fully saturated rings. The van der Waals surface area contributed by atoms with Gasteiger partial charge in [0.05, 0.1) is 13.2 Å². The van der Waals surface area contributed by atoms with E-state index < -0.39 is 11.5 Å². The van der Waals surface area contributed by atoms with Crippen molar-refractivity contribution in [2.45, 2.75) is 74.7 Å². The van der Waals surface area contributed by atoms with Gasteiger partial charge < -0.3 is 25.1 Å². The molecule has 9 rings (SSSR count). The summed E-state index contributed by atoms with van der Waals surface area (Å²) >= 11 is 0. The van der Waals surface area contributed by atoms with Crippen molar-refractivity contribution < 1.29 is 24.1 Å². The van der Waals surface area contributed by atoms with E-state index in [9.17, 15) is 9.90 Å². The van der Waals surface area contributed by atoms with Crippen molar-refractivity contribution in [3.05, 3.63) is 58.7 Å². The highest BCUT2D eigenvalue weighted by Crippen LogP contribution is 2.76. The molecule has 2 spiro atoms. The lowest BCUT2D eigenvalue weighted by atomic mass is 9.35. The number of hydrogen-bond acceptors (Lipinski definition) is 6. The number of methoxy groups -OCH3 is 1. The Morgan fingerprint density at radius 2 is 1.97 bits per heavy atom. The quantitative estimate of drug-likeness (QED) is 0.537. The first-order chi connectivity index (χ1) is 18.9. The maximum atomic E-state index is 11.4. The summed E-state index contributed by atoms with van der Waals surface area (Å²) in [7, 11) is 1.85. The van der Waals surface area contributed by atoms with Crippen LogP contribution in [0.3, 0.4) is 0 Å². The number of carbonyl (C=O) groups is 1. The van der Waals surface area contributed by atoms with Crippen LogP contribution in [0, 0.1) is 17.3 Å². The van der Waals surface area contributed by atoms with Gasteiger partial charge in [-0.15, -0.1) is 0 Å². The van der Waals surface area contributed by atoms with E-state index in [-0.39, 0.29) is 28.6 Å². The van der Waals surface area contributed by atoms with E-state index >= 15 is 0 Å². The highest BCUT2D eigenvalue weighted by Gasteiger charge is 2.80. The minimum Gasteiger partial charge on any atom is -0.504 e. The van der Waals surface area contributed by atoms with Crippen molar-refractivity contribution >= 4 is 5.91 Å². The number of fused-ring (bicyclic) bond motifs is 2. The summed E-state index contributed by atoms with van der Waals surface area (Å²) in [5.41, 5.74) is 9.11. The van der Waals surface area contributed by atoms with Crippen LogP contribution in [0.25, 0.3) is 0 Å². The van der Waals surface area contributed by atoms with Gasteiger partial charge in [-0.05, 0) is 86.7 Å². The summed E-state index contributed by atoms with van der Waals surface area (Å²) in [6.45, 7) is 3.38. The number of likely N-dealkylation sites (tertiary alicyclic amines) is 1. The van der Waals surface area contributed by atoms with E-state index in [2.05, 4.69) is 11.0 Å². The minimum absolute atomic E-state index is 0.0916. The summed E-state index contributed by atoms with van der Waals surface area (Å²) in [5, 5.41) is 11.0. The van der Waals surface area contributed by atoms with Crippen LogP contribution in [-0.2, 0) is 27.9 Å². The van der Waals surface area contributed by atoms with Crippen LogP contribution in [0.4, 0.5) is 0 Å². The molecule has 2 aromatic rings. The molecule has 1 amide bonds. The molecule has 2 aromatic carbocycles. The number of nitrogens with two attached hydrogens (primary N) is 1. The van der Waals surface area contributed by atoms with Gasteiger partial charge >= 0.3 is 0 Å². The number of piperidine rings is 1. The van der Waals surface area contributed by atoms with E-state index in [1.807, 2.05) is 25.3 Å². The van der Waals surface area contributed by atoms with Crippen molar-refractivity contribution in [1.29, 1.82) is 0 Å². The van der Waals surface area contributed by atoms with Crippen LogP contribution in [0.2, 0.25) is 0 Å². The highest BCUT2D eigenvalue weighted by atomic mass is 16.6. The third-order valence-electron chi connectivity index (χ3n) is 11.6. The maximum Gasteiger partial charge on any atom is 0.248 e. The monoisotopic (exact) mass is 530 g/mol. The fraction of sp³-hybridized carbons (Fsp3) is 0.594. The normalized spacial score (nSPS) is 37.4. The van der Waals surface area contributed by atoms with Crippen LogP contribution >= 0.6 is 0 Å². The second-order valence-corrected chi connectivity index (χ2v) is 13.1. The summed E-state index contributed by atoms with van der Waals surface area (Å²) < 4.78 is 19.9. The van der Waals surface area contributed by atoms with Gasteiger partial charge in [0.25, 0.3) is 0 Å². The predicted octanol–water partition coefficient (Wildman–Crippen LogP) is 3.93. The number of rotatable bonds is 8. The van der Waals surface area contributed by atoms with Crippen molar-refractivity contribution in [2.24, 2.45) is 23.0 Å². The average molecular weight is 531 g/mol. The van der Waals surface area contributed by atoms with E-state index in [1.54, 1.807) is 12.1 Å². The number of aromatic hydroxyl groups is 1. The molecular formula is C32H38N2O5. The van der Waals surface area contributed by atoms with Crippen LogP contribution < -0.4 is 10.5 Å². The molecule has 2 heterocycles. The molecule has 6 atom stereocenters. The topological polar surface area (TPSA) is 94.2 Å². The Kier molecular flexibility index (Phi) is 5.10. The zero-order valence-corrected chi connectivity index (χ0v) is 22.7. The van der Waals surface area contributed by atoms with E-state index in [0.717, 1.165) is 55.9 Å². The first kappa shape index (κ1) is 24.2. The Morgan fingerprint density at radius 1 is 1.15 bits per heavy atom. The van der Waals surface area contributed by atoms with Crippen molar-refractivity contribution in [3.63, 3.8) is 0 Å². The zero-order chi connectivity index (χ0) is 26.6. The lowest BCUT2D eigenvalue weighted by Gasteiger charge is -2.74. The molecule has 39 heavy (non-hydrogen) atoms. The first-order valence-electron chi connectivity index (χ1n) is 14.7. The molecule has 7 heteroatoms. The van der Waals surface area contributed by atoms with Gasteiger partial charge in [-0.25, -0.2) is 0 Å². The number of benzene rings is 2. The predicted molar refractivity (Wildman–Crippen MR) is 145 cm³/mol. The Morgan fingerprint density at radius 3 is 2.72 bits per heavy atom. The maximum absolute atomic E-state index is 11.4. The zero-order valence-electron chi connectivity index (χ0n) is 22.7. The Hall–Kier alpha value is -2.61. The molecular weight excluding hydrogens is 492 g/mol. The number of phenols is 1. The van der Waals surface area contributed by atoms with Gasteiger partial charge in [-0.1, -0.05) is 18.2 Å². The van der Waals surface area contributed by atoms with Crippen LogP contribution in [0.15, 0.2) is 36.4 Å². The van der Waals surface area contributed by atoms with Crippen LogP contribution in [-0.4, -0.2) is 60.5 Å². The summed E-state index contributed by atoms with van der Waals surface area (Å²) in [4.78, 5) is 14.3. The number of nitrogens with zero attached hydrogens (tertiary/aromatic N) is 1. The summed E-state index contributed by atoms with van der Waals surface area (Å²) in [6.07, 6.45) is 7.86. The Labute approximate surface area is 229 Å². The van der Waals surface area contributed by atoms with Gasteiger partial charge in [0.1, 0.15) is 11.7 Å². The lowest BCUT2D eigenvalue weighted by molar-refractivity contribution is -0.283. The van der Waals surface area contributed by atoms with Gasteiger partial charge in [0.2, 0.25) is 5.91 Å². The second kappa shape index (κ2) is 8.21. The fourth-order valence-corrected chi connectivity index (χ4v) is 9.83. The van der Waals surface area contributed by atoms with Crippen molar-refractivity contribution in [3.8, 4) is 11.5 Å². The second-order valence-electron chi connectivity index (χ2n) is 13.1. The third-order valence-corrected chi connectivity index (χ3v) is 11.6. The smallest absolute Gasteiger partial charge is 0.248 e. The molecule has 5 aliphatic carbocycles. The van der Waals surface area contributed by atoms with Crippen molar-refractivity contribution in [2.75, 3.05) is 26.8 Å². The summed E-state index contributed by atoms with van der Waals surface area (Å²) in [5.74, 6) is 1.62. The fourth-order valence-electron chi connectivity index (χ4n) is 9.83. The molecule has 4 saturated carbocycles. The minimum atomic E-state index is -0.457. The number of hydrogen-bond donors (Lipinski definition) is 2. The van der Waals surface area contributed by atoms with Gasteiger partial charge in [0, 0.05) is 47.6 Å². The molecule has 0 radical (unpaired) electrons. The molecule has 7 nitrogen and oxygen atoms in total. The van der Waals surface area contributed by atoms with Gasteiger partial charge in [-0.2, -0.15) is 0 Å². The average Bonchev–Trinajstić information content (AvgIpc) is 3.68. The molecule has 1 saturated heterocycles. The molecule has 2 aliphatic heterocycles. The first-order valence-corrected chi connectivity index (χ1v) is 14.7. The number of amides is 1. The standard InChI is InChI=1S/C32H38N2O5/c1-37-32-11-10-30(15-23(32)18-38-17-20-4-6-21(7-5-20)28(33)36)25-14-22-8-9-24(35)27-26(22)31(30,29(32)39-27)12-13-34(25)16-19-2-3-19/h4-9,19,23,25,29,35H,2-3,10-18H2,1H3,(H2,33,36)/t23-,25-,29-,30-,31+,32-/m1/s1. The number of primary amides is 1. The van der Waals surface area contributed by atoms with E-state index in [1.165, 1.54) is 30.5 Å². The Bertz CT molecular complexity index is 1340. The van der Waals surface area contributed by atoms with E-state index in [4.69, 9.17) is 19.9 Å². The number of ether oxygens (including phenoxy) is 3. The SMILES string of the molecule is CO[C@]12CC[C@@]3(C[C@@H]1COCc1ccc(C(N)=O)cc1)[C@H]1Cc4ccc(O)c5c4[C@@]3(CCN1CC1CC1)[C@H]2O5. The highest BCUT2D eigenvalue weighted by molar-refractivity contribution is 5.92. The number of phenolic OH excluding ortho intramolecular Hbond substituents is 1. The molecule has 7 aliphatic rings. The molecule has 206 valence electrons. The lowest BCUT2D eigenvalue weighted by Crippen LogP contribution is -2.81. The molecule has 0 aromatic heterocycles.